The van der Waals surface area contributed by atoms with Crippen molar-refractivity contribution in [2.45, 2.75) is 71.4 Å². The SMILES string of the molecule is CCC(CCC(C)N1CCCC1=O)C(=O)NC(C)(C)CS(=O)(=O)[O-]. The van der Waals surface area contributed by atoms with Gasteiger partial charge in [-0.25, -0.2) is 8.42 Å². The van der Waals surface area contributed by atoms with Gasteiger partial charge in [-0.3, -0.25) is 9.59 Å². The van der Waals surface area contributed by atoms with Gasteiger partial charge in [0, 0.05) is 30.5 Å². The summed E-state index contributed by atoms with van der Waals surface area (Å²) in [6, 6.07) is 0.0943. The van der Waals surface area contributed by atoms with Crippen LogP contribution in [0.1, 0.15) is 59.8 Å². The molecular weight excluding hydrogens is 332 g/mol. The van der Waals surface area contributed by atoms with Gasteiger partial charge in [0.2, 0.25) is 11.8 Å². The number of nitrogens with zero attached hydrogens (tertiary/aromatic N) is 1. The molecule has 1 fully saturated rings. The van der Waals surface area contributed by atoms with Gasteiger partial charge < -0.3 is 14.8 Å². The minimum atomic E-state index is -4.41. The van der Waals surface area contributed by atoms with Crippen molar-refractivity contribution >= 4 is 21.9 Å². The van der Waals surface area contributed by atoms with Gasteiger partial charge in [0.15, 0.2) is 0 Å². The van der Waals surface area contributed by atoms with E-state index >= 15 is 0 Å². The molecule has 7 nitrogen and oxygen atoms in total. The van der Waals surface area contributed by atoms with E-state index in [1.54, 1.807) is 0 Å². The highest BCUT2D eigenvalue weighted by atomic mass is 32.2. The Kier molecular flexibility index (Phi) is 7.22. The highest BCUT2D eigenvalue weighted by Crippen LogP contribution is 2.21. The molecule has 0 aromatic heterocycles. The third-order valence-electron chi connectivity index (χ3n) is 4.44. The topological polar surface area (TPSA) is 107 Å². The van der Waals surface area contributed by atoms with Gasteiger partial charge in [-0.15, -0.1) is 0 Å². The van der Waals surface area contributed by atoms with Crippen molar-refractivity contribution in [2.24, 2.45) is 5.92 Å². The van der Waals surface area contributed by atoms with Crippen LogP contribution in [0.2, 0.25) is 0 Å². The minimum absolute atomic E-state index is 0.0943. The van der Waals surface area contributed by atoms with Crippen molar-refractivity contribution in [3.05, 3.63) is 0 Å². The van der Waals surface area contributed by atoms with Gasteiger partial charge in [-0.05, 0) is 46.5 Å². The summed E-state index contributed by atoms with van der Waals surface area (Å²) in [6.07, 6.45) is 3.44. The number of likely N-dealkylation sites (tertiary alicyclic amines) is 1. The van der Waals surface area contributed by atoms with E-state index in [-0.39, 0.29) is 23.8 Å². The molecule has 0 bridgehead atoms. The molecule has 0 radical (unpaired) electrons. The normalized spacial score (nSPS) is 18.5. The van der Waals surface area contributed by atoms with Crippen LogP contribution in [0, 0.1) is 5.92 Å². The molecule has 1 N–H and O–H groups in total. The first kappa shape index (κ1) is 20.9. The van der Waals surface area contributed by atoms with Crippen molar-refractivity contribution in [1.29, 1.82) is 0 Å². The molecule has 1 rings (SSSR count). The molecule has 1 aliphatic rings. The lowest BCUT2D eigenvalue weighted by Crippen LogP contribution is -2.50. The largest absolute Gasteiger partial charge is 0.748 e. The van der Waals surface area contributed by atoms with E-state index in [1.165, 1.54) is 13.8 Å². The van der Waals surface area contributed by atoms with Crippen LogP contribution in [0.4, 0.5) is 0 Å². The van der Waals surface area contributed by atoms with E-state index < -0.39 is 21.4 Å². The molecule has 1 aliphatic heterocycles. The Morgan fingerprint density at radius 3 is 2.46 bits per heavy atom. The van der Waals surface area contributed by atoms with Crippen LogP contribution in [0.25, 0.3) is 0 Å². The molecule has 2 atom stereocenters. The Morgan fingerprint density at radius 1 is 1.38 bits per heavy atom. The van der Waals surface area contributed by atoms with E-state index in [0.717, 1.165) is 19.4 Å². The smallest absolute Gasteiger partial charge is 0.223 e. The lowest BCUT2D eigenvalue weighted by Gasteiger charge is -2.30. The lowest BCUT2D eigenvalue weighted by atomic mass is 9.95. The summed E-state index contributed by atoms with van der Waals surface area (Å²) >= 11 is 0. The maximum Gasteiger partial charge on any atom is 0.223 e. The van der Waals surface area contributed by atoms with Crippen molar-refractivity contribution < 1.29 is 22.6 Å². The van der Waals surface area contributed by atoms with E-state index in [2.05, 4.69) is 5.32 Å². The third-order valence-corrected chi connectivity index (χ3v) is 5.51. The lowest BCUT2D eigenvalue weighted by molar-refractivity contribution is -0.129. The zero-order valence-electron chi connectivity index (χ0n) is 15.0. The first-order valence-electron chi connectivity index (χ1n) is 8.50. The number of carbonyl (C=O) groups excluding carboxylic acids is 2. The number of hydrogen-bond donors (Lipinski definition) is 1. The second-order valence-corrected chi connectivity index (χ2v) is 8.70. The molecular formula is C16H29N2O5S-. The van der Waals surface area contributed by atoms with Crippen molar-refractivity contribution in [3.8, 4) is 0 Å². The van der Waals surface area contributed by atoms with Crippen LogP contribution in [0.5, 0.6) is 0 Å². The van der Waals surface area contributed by atoms with Crippen molar-refractivity contribution in [3.63, 3.8) is 0 Å². The number of carbonyl (C=O) groups is 2. The summed E-state index contributed by atoms with van der Waals surface area (Å²) in [5.41, 5.74) is -1.10. The summed E-state index contributed by atoms with van der Waals surface area (Å²) in [5.74, 6) is -0.979. The zero-order chi connectivity index (χ0) is 18.5. The summed E-state index contributed by atoms with van der Waals surface area (Å²) in [6.45, 7) is 7.71. The van der Waals surface area contributed by atoms with Gasteiger partial charge in [0.25, 0.3) is 0 Å². The predicted octanol–water partition coefficient (Wildman–Crippen LogP) is 1.24. The Balaban J connectivity index is 2.55. The second kappa shape index (κ2) is 8.29. The molecule has 24 heavy (non-hydrogen) atoms. The van der Waals surface area contributed by atoms with Crippen molar-refractivity contribution in [1.82, 2.24) is 10.2 Å². The van der Waals surface area contributed by atoms with Crippen LogP contribution >= 0.6 is 0 Å². The van der Waals surface area contributed by atoms with Crippen LogP contribution < -0.4 is 5.32 Å². The Labute approximate surface area is 144 Å². The first-order chi connectivity index (χ1) is 10.9. The fraction of sp³-hybridized carbons (Fsp3) is 0.875. The number of nitrogens with one attached hydrogen (secondary N) is 1. The predicted molar refractivity (Wildman–Crippen MR) is 90.2 cm³/mol. The van der Waals surface area contributed by atoms with Gasteiger partial charge in [-0.2, -0.15) is 0 Å². The molecule has 2 unspecified atom stereocenters. The molecule has 1 saturated heterocycles. The quantitative estimate of drug-likeness (QED) is 0.622. The molecule has 0 spiro atoms. The Bertz CT molecular complexity index is 559. The molecule has 1 heterocycles. The zero-order valence-corrected chi connectivity index (χ0v) is 15.8. The third kappa shape index (κ3) is 6.76. The Hall–Kier alpha value is -1.15. The molecule has 0 aromatic rings. The summed E-state index contributed by atoms with van der Waals surface area (Å²) in [5, 5.41) is 2.67. The van der Waals surface area contributed by atoms with Gasteiger partial charge in [0.05, 0.1) is 15.9 Å². The van der Waals surface area contributed by atoms with Gasteiger partial charge in [-0.1, -0.05) is 6.92 Å². The Morgan fingerprint density at radius 2 is 2.00 bits per heavy atom. The van der Waals surface area contributed by atoms with E-state index in [4.69, 9.17) is 0 Å². The highest BCUT2D eigenvalue weighted by Gasteiger charge is 2.29. The fourth-order valence-electron chi connectivity index (χ4n) is 3.17. The molecule has 8 heteroatoms. The van der Waals surface area contributed by atoms with Gasteiger partial charge in [0.1, 0.15) is 0 Å². The number of hydrogen-bond acceptors (Lipinski definition) is 5. The monoisotopic (exact) mass is 361 g/mol. The van der Waals surface area contributed by atoms with Crippen molar-refractivity contribution in [2.75, 3.05) is 12.3 Å². The maximum atomic E-state index is 12.4. The molecule has 2 amide bonds. The highest BCUT2D eigenvalue weighted by molar-refractivity contribution is 7.85. The summed E-state index contributed by atoms with van der Waals surface area (Å²) in [4.78, 5) is 26.0. The van der Waals surface area contributed by atoms with E-state index in [0.29, 0.717) is 19.3 Å². The number of rotatable bonds is 9. The van der Waals surface area contributed by atoms with E-state index in [9.17, 15) is 22.6 Å². The first-order valence-corrected chi connectivity index (χ1v) is 10.1. The van der Waals surface area contributed by atoms with Gasteiger partial charge >= 0.3 is 0 Å². The molecule has 0 aliphatic carbocycles. The second-order valence-electron chi connectivity index (χ2n) is 7.30. The van der Waals surface area contributed by atoms with Crippen LogP contribution in [-0.2, 0) is 19.7 Å². The minimum Gasteiger partial charge on any atom is -0.748 e. The summed E-state index contributed by atoms with van der Waals surface area (Å²) < 4.78 is 32.7. The average Bonchev–Trinajstić information content (AvgIpc) is 2.81. The maximum absolute atomic E-state index is 12.4. The summed E-state index contributed by atoms with van der Waals surface area (Å²) in [7, 11) is -4.41. The molecule has 0 aromatic carbocycles. The van der Waals surface area contributed by atoms with Crippen LogP contribution in [0.15, 0.2) is 0 Å². The average molecular weight is 361 g/mol. The molecule has 0 saturated carbocycles. The fourth-order valence-corrected chi connectivity index (χ4v) is 4.12. The molecule has 140 valence electrons. The number of amides is 2. The van der Waals surface area contributed by atoms with Crippen LogP contribution in [0.3, 0.4) is 0 Å². The van der Waals surface area contributed by atoms with Crippen LogP contribution in [-0.4, -0.2) is 53.6 Å². The van der Waals surface area contributed by atoms with E-state index in [1.807, 2.05) is 18.7 Å². The standard InChI is InChI=1S/C16H30N2O5S/c1-5-13(9-8-12(2)18-10-6-7-14(18)19)15(20)17-16(3,4)11-24(21,22)23/h12-13H,5-11H2,1-4H3,(H,17,20)(H,21,22,23)/p-1.